The second kappa shape index (κ2) is 4.21. The van der Waals surface area contributed by atoms with E-state index in [1.165, 1.54) is 31.4 Å². The molecule has 0 aliphatic heterocycles. The Morgan fingerprint density at radius 2 is 1.88 bits per heavy atom. The predicted molar refractivity (Wildman–Crippen MR) is 67.4 cm³/mol. The first-order valence-corrected chi connectivity index (χ1v) is 6.62. The summed E-state index contributed by atoms with van der Waals surface area (Å²) in [7, 11) is 0. The van der Waals surface area contributed by atoms with Gasteiger partial charge < -0.3 is 5.32 Å². The average molecular weight is 215 g/mol. The molecule has 2 atom stereocenters. The smallest absolute Gasteiger partial charge is 0.0205 e. The van der Waals surface area contributed by atoms with E-state index in [4.69, 9.17) is 0 Å². The van der Waals surface area contributed by atoms with E-state index in [2.05, 4.69) is 36.5 Å². The molecule has 2 saturated carbocycles. The van der Waals surface area contributed by atoms with Gasteiger partial charge in [-0.05, 0) is 54.7 Å². The molecule has 0 spiro atoms. The van der Waals surface area contributed by atoms with Crippen molar-refractivity contribution in [1.82, 2.24) is 5.32 Å². The summed E-state index contributed by atoms with van der Waals surface area (Å²) >= 11 is 0. The van der Waals surface area contributed by atoms with Crippen molar-refractivity contribution in [2.24, 2.45) is 11.8 Å². The summed E-state index contributed by atoms with van der Waals surface area (Å²) in [5.74, 6) is 2.80. The topological polar surface area (TPSA) is 12.0 Å². The Hall–Kier alpha value is -0.820. The number of hydrogen-bond donors (Lipinski definition) is 1. The van der Waals surface area contributed by atoms with E-state index in [1.54, 1.807) is 5.56 Å². The Morgan fingerprint density at radius 1 is 1.19 bits per heavy atom. The first kappa shape index (κ1) is 10.3. The maximum atomic E-state index is 3.56. The second-order valence-corrected chi connectivity index (χ2v) is 5.62. The van der Waals surface area contributed by atoms with Gasteiger partial charge in [0.25, 0.3) is 0 Å². The van der Waals surface area contributed by atoms with Crippen molar-refractivity contribution in [2.45, 2.75) is 38.6 Å². The van der Waals surface area contributed by atoms with Gasteiger partial charge in [-0.2, -0.15) is 0 Å². The molecular formula is C15H21N. The van der Waals surface area contributed by atoms with Gasteiger partial charge in [0.2, 0.25) is 0 Å². The lowest BCUT2D eigenvalue weighted by atomic mass is 10.1. The number of hydrogen-bond acceptors (Lipinski definition) is 1. The Kier molecular flexibility index (Phi) is 2.72. The minimum atomic E-state index is 0.884. The van der Waals surface area contributed by atoms with E-state index in [-0.39, 0.29) is 0 Å². The molecule has 1 aromatic rings. The molecule has 1 heteroatoms. The molecule has 2 aliphatic rings. The third kappa shape index (κ3) is 2.46. The van der Waals surface area contributed by atoms with Crippen LogP contribution in [0.3, 0.4) is 0 Å². The highest BCUT2D eigenvalue weighted by atomic mass is 14.9. The quantitative estimate of drug-likeness (QED) is 0.794. The molecule has 1 N–H and O–H groups in total. The largest absolute Gasteiger partial charge is 0.312 e. The molecule has 2 unspecified atom stereocenters. The van der Waals surface area contributed by atoms with Gasteiger partial charge in [-0.15, -0.1) is 0 Å². The minimum Gasteiger partial charge on any atom is -0.312 e. The summed E-state index contributed by atoms with van der Waals surface area (Å²) in [6.45, 7) is 4.58. The molecule has 3 rings (SSSR count). The van der Waals surface area contributed by atoms with Crippen molar-refractivity contribution < 1.29 is 0 Å². The van der Waals surface area contributed by atoms with Crippen LogP contribution >= 0.6 is 0 Å². The van der Waals surface area contributed by atoms with Crippen LogP contribution in [0.5, 0.6) is 0 Å². The molecule has 1 aromatic carbocycles. The van der Waals surface area contributed by atoms with Crippen LogP contribution in [-0.2, 0) is 6.54 Å². The zero-order valence-corrected chi connectivity index (χ0v) is 10.1. The molecule has 0 radical (unpaired) electrons. The molecule has 0 aromatic heterocycles. The third-order valence-electron chi connectivity index (χ3n) is 4.04. The second-order valence-electron chi connectivity index (χ2n) is 5.62. The summed E-state index contributed by atoms with van der Waals surface area (Å²) in [5.41, 5.74) is 2.97. The van der Waals surface area contributed by atoms with Gasteiger partial charge in [-0.25, -0.2) is 0 Å². The van der Waals surface area contributed by atoms with Crippen LogP contribution in [-0.4, -0.2) is 6.54 Å². The zero-order valence-electron chi connectivity index (χ0n) is 10.1. The molecule has 0 heterocycles. The van der Waals surface area contributed by atoms with Crippen LogP contribution in [0.25, 0.3) is 0 Å². The highest BCUT2D eigenvalue weighted by Gasteiger charge is 2.31. The molecule has 0 amide bonds. The highest BCUT2D eigenvalue weighted by Crippen LogP contribution is 2.40. The molecule has 86 valence electrons. The van der Waals surface area contributed by atoms with Gasteiger partial charge in [0, 0.05) is 6.54 Å². The van der Waals surface area contributed by atoms with Gasteiger partial charge in [0.05, 0.1) is 0 Å². The Labute approximate surface area is 98.3 Å². The maximum Gasteiger partial charge on any atom is 0.0205 e. The summed E-state index contributed by atoms with van der Waals surface area (Å²) in [4.78, 5) is 0. The molecule has 0 saturated heterocycles. The van der Waals surface area contributed by atoms with E-state index in [0.717, 1.165) is 24.3 Å². The van der Waals surface area contributed by atoms with Crippen molar-refractivity contribution in [1.29, 1.82) is 0 Å². The average Bonchev–Trinajstić information content (AvgIpc) is 3.17. The molecule has 1 nitrogen and oxygen atoms in total. The highest BCUT2D eigenvalue weighted by molar-refractivity contribution is 5.27. The molecular weight excluding hydrogens is 194 g/mol. The van der Waals surface area contributed by atoms with E-state index >= 15 is 0 Å². The van der Waals surface area contributed by atoms with Crippen molar-refractivity contribution in [3.8, 4) is 0 Å². The van der Waals surface area contributed by atoms with Gasteiger partial charge in [0.1, 0.15) is 0 Å². The van der Waals surface area contributed by atoms with Gasteiger partial charge in [0.15, 0.2) is 0 Å². The van der Waals surface area contributed by atoms with Crippen LogP contribution in [0.15, 0.2) is 24.3 Å². The van der Waals surface area contributed by atoms with E-state index in [9.17, 15) is 0 Å². The lowest BCUT2D eigenvalue weighted by Gasteiger charge is -2.05. The Bertz CT molecular complexity index is 350. The van der Waals surface area contributed by atoms with Crippen molar-refractivity contribution in [3.05, 3.63) is 35.4 Å². The number of nitrogens with one attached hydrogen (secondary N) is 1. The van der Waals surface area contributed by atoms with Crippen LogP contribution in [0.4, 0.5) is 0 Å². The molecule has 2 aliphatic carbocycles. The fourth-order valence-corrected chi connectivity index (χ4v) is 2.41. The molecule has 16 heavy (non-hydrogen) atoms. The number of rotatable bonds is 5. The lowest BCUT2D eigenvalue weighted by molar-refractivity contribution is 0.612. The fraction of sp³-hybridized carbons (Fsp3) is 0.600. The van der Waals surface area contributed by atoms with E-state index < -0.39 is 0 Å². The number of benzene rings is 1. The summed E-state index contributed by atoms with van der Waals surface area (Å²) in [5, 5.41) is 3.56. The van der Waals surface area contributed by atoms with Crippen LogP contribution in [0, 0.1) is 11.8 Å². The fourth-order valence-electron chi connectivity index (χ4n) is 2.41. The lowest BCUT2D eigenvalue weighted by Crippen LogP contribution is -2.16. The first-order valence-electron chi connectivity index (χ1n) is 6.62. The van der Waals surface area contributed by atoms with Crippen molar-refractivity contribution in [3.63, 3.8) is 0 Å². The zero-order chi connectivity index (χ0) is 11.0. The Balaban J connectivity index is 1.46. The van der Waals surface area contributed by atoms with Crippen LogP contribution in [0.2, 0.25) is 0 Å². The predicted octanol–water partition coefficient (Wildman–Crippen LogP) is 3.31. The first-order chi connectivity index (χ1) is 7.83. The molecule has 2 fully saturated rings. The van der Waals surface area contributed by atoms with Crippen LogP contribution < -0.4 is 5.32 Å². The summed E-state index contributed by atoms with van der Waals surface area (Å²) in [6, 6.07) is 9.21. The van der Waals surface area contributed by atoms with E-state index in [1.807, 2.05) is 0 Å². The van der Waals surface area contributed by atoms with Gasteiger partial charge in [-0.1, -0.05) is 31.2 Å². The van der Waals surface area contributed by atoms with Gasteiger partial charge in [-0.3, -0.25) is 0 Å². The van der Waals surface area contributed by atoms with Crippen molar-refractivity contribution in [2.75, 3.05) is 6.54 Å². The normalized spacial score (nSPS) is 28.1. The van der Waals surface area contributed by atoms with Crippen LogP contribution in [0.1, 0.15) is 43.2 Å². The summed E-state index contributed by atoms with van der Waals surface area (Å²) in [6.07, 6.45) is 4.22. The third-order valence-corrected chi connectivity index (χ3v) is 4.04. The van der Waals surface area contributed by atoms with Gasteiger partial charge >= 0.3 is 0 Å². The maximum absolute atomic E-state index is 3.56. The monoisotopic (exact) mass is 215 g/mol. The Morgan fingerprint density at radius 3 is 2.44 bits per heavy atom. The summed E-state index contributed by atoms with van der Waals surface area (Å²) < 4.78 is 0. The SMILES string of the molecule is CC1CC1CNCc1ccc(C2CC2)cc1. The van der Waals surface area contributed by atoms with E-state index in [0.29, 0.717) is 0 Å². The molecule has 0 bridgehead atoms. The standard InChI is InChI=1S/C15H21N/c1-11-8-15(11)10-16-9-12-2-4-13(5-3-12)14-6-7-14/h2-5,11,14-16H,6-10H2,1H3. The minimum absolute atomic E-state index is 0.884. The van der Waals surface area contributed by atoms with Crippen molar-refractivity contribution >= 4 is 0 Å².